The van der Waals surface area contributed by atoms with Gasteiger partial charge in [0.2, 0.25) is 0 Å². The Morgan fingerprint density at radius 1 is 0.358 bits per heavy atom. The highest BCUT2D eigenvalue weighted by atomic mass is 32.1. The van der Waals surface area contributed by atoms with Gasteiger partial charge in [0.1, 0.15) is 11.2 Å². The summed E-state index contributed by atoms with van der Waals surface area (Å²) < 4.78 is 8.87. The molecular weight excluding hydrogens is 663 g/mol. The maximum atomic E-state index is 6.32. The fourth-order valence-corrected chi connectivity index (χ4v) is 9.60. The molecule has 2 heterocycles. The molecule has 0 aliphatic carbocycles. The van der Waals surface area contributed by atoms with Crippen molar-refractivity contribution >= 4 is 92.1 Å². The average molecular weight is 694 g/mol. The standard InChI is InChI=1S/C50H31NOS/c1-2-13-33(14-3-1)36-21-11-23-42-43-24-12-25-46(50(43)53-49(36)42)51(34-27-30-48-44(31-34)41-20-8-9-26-47(41)52-48)45-29-28-39(38-18-6-7-19-40(38)45)37-22-10-16-32-15-4-5-17-35(32)37/h1-31H. The number of furan rings is 1. The molecule has 0 fully saturated rings. The van der Waals surface area contributed by atoms with Crippen LogP contribution in [0.1, 0.15) is 0 Å². The molecule has 3 heteroatoms. The summed E-state index contributed by atoms with van der Waals surface area (Å²) in [6.07, 6.45) is 0. The van der Waals surface area contributed by atoms with Gasteiger partial charge in [-0.3, -0.25) is 0 Å². The Balaban J connectivity index is 1.21. The first-order valence-electron chi connectivity index (χ1n) is 18.0. The van der Waals surface area contributed by atoms with Crippen LogP contribution in [0.2, 0.25) is 0 Å². The number of nitrogens with zero attached hydrogens (tertiary/aromatic N) is 1. The van der Waals surface area contributed by atoms with E-state index < -0.39 is 0 Å². The Bertz CT molecular complexity index is 3180. The van der Waals surface area contributed by atoms with Crippen molar-refractivity contribution in [2.45, 2.75) is 0 Å². The van der Waals surface area contributed by atoms with E-state index in [-0.39, 0.29) is 0 Å². The van der Waals surface area contributed by atoms with Crippen LogP contribution in [-0.2, 0) is 0 Å². The summed E-state index contributed by atoms with van der Waals surface area (Å²) in [6, 6.07) is 68.0. The minimum atomic E-state index is 0.888. The van der Waals surface area contributed by atoms with Crippen LogP contribution in [0.5, 0.6) is 0 Å². The summed E-state index contributed by atoms with van der Waals surface area (Å²) in [5.74, 6) is 0. The van der Waals surface area contributed by atoms with Crippen LogP contribution < -0.4 is 4.90 Å². The number of benzene rings is 9. The minimum absolute atomic E-state index is 0.888. The van der Waals surface area contributed by atoms with Gasteiger partial charge in [0.25, 0.3) is 0 Å². The first-order chi connectivity index (χ1) is 26.3. The molecule has 0 saturated heterocycles. The largest absolute Gasteiger partial charge is 0.456 e. The van der Waals surface area contributed by atoms with E-state index >= 15 is 0 Å². The van der Waals surface area contributed by atoms with Gasteiger partial charge < -0.3 is 9.32 Å². The van der Waals surface area contributed by atoms with Crippen molar-refractivity contribution in [3.8, 4) is 22.3 Å². The van der Waals surface area contributed by atoms with Gasteiger partial charge in [-0.25, -0.2) is 0 Å². The normalized spacial score (nSPS) is 11.8. The smallest absolute Gasteiger partial charge is 0.135 e. The molecule has 0 bridgehead atoms. The molecule has 0 aliphatic rings. The number of rotatable bonds is 5. The second-order valence-electron chi connectivity index (χ2n) is 13.6. The quantitative estimate of drug-likeness (QED) is 0.178. The van der Waals surface area contributed by atoms with Gasteiger partial charge in [-0.1, -0.05) is 152 Å². The zero-order valence-electron chi connectivity index (χ0n) is 28.7. The van der Waals surface area contributed by atoms with E-state index in [2.05, 4.69) is 187 Å². The molecule has 11 rings (SSSR count). The predicted molar refractivity (Wildman–Crippen MR) is 227 cm³/mol. The van der Waals surface area contributed by atoms with Gasteiger partial charge >= 0.3 is 0 Å². The summed E-state index contributed by atoms with van der Waals surface area (Å²) >= 11 is 1.88. The first-order valence-corrected chi connectivity index (χ1v) is 18.8. The number of hydrogen-bond donors (Lipinski definition) is 0. The van der Waals surface area contributed by atoms with Gasteiger partial charge in [-0.15, -0.1) is 11.3 Å². The molecule has 2 nitrogen and oxygen atoms in total. The lowest BCUT2D eigenvalue weighted by molar-refractivity contribution is 0.669. The summed E-state index contributed by atoms with van der Waals surface area (Å²) in [7, 11) is 0. The summed E-state index contributed by atoms with van der Waals surface area (Å²) in [5.41, 5.74) is 10.1. The fraction of sp³-hybridized carbons (Fsp3) is 0. The van der Waals surface area contributed by atoms with E-state index in [0.29, 0.717) is 0 Å². The van der Waals surface area contributed by atoms with Gasteiger partial charge in [-0.05, 0) is 74.8 Å². The molecule has 0 aliphatic heterocycles. The van der Waals surface area contributed by atoms with Crippen LogP contribution in [-0.4, -0.2) is 0 Å². The highest BCUT2D eigenvalue weighted by molar-refractivity contribution is 7.27. The molecule has 0 spiro atoms. The van der Waals surface area contributed by atoms with Gasteiger partial charge in [0, 0.05) is 37.3 Å². The van der Waals surface area contributed by atoms with Gasteiger partial charge in [-0.2, -0.15) is 0 Å². The summed E-state index contributed by atoms with van der Waals surface area (Å²) in [6.45, 7) is 0. The van der Waals surface area contributed by atoms with Crippen LogP contribution in [0.25, 0.3) is 85.9 Å². The maximum Gasteiger partial charge on any atom is 0.135 e. The van der Waals surface area contributed by atoms with Crippen LogP contribution in [0, 0.1) is 0 Å². The van der Waals surface area contributed by atoms with Crippen LogP contribution in [0.3, 0.4) is 0 Å². The van der Waals surface area contributed by atoms with E-state index in [1.807, 2.05) is 17.4 Å². The predicted octanol–water partition coefficient (Wildman–Crippen LogP) is 15.1. The highest BCUT2D eigenvalue weighted by Crippen LogP contribution is 2.50. The number of thiophene rings is 1. The number of para-hydroxylation sites is 1. The monoisotopic (exact) mass is 693 g/mol. The molecule has 248 valence electrons. The molecule has 0 atom stereocenters. The number of anilines is 3. The summed E-state index contributed by atoms with van der Waals surface area (Å²) in [4.78, 5) is 2.47. The van der Waals surface area contributed by atoms with Gasteiger partial charge in [0.15, 0.2) is 0 Å². The molecular formula is C50H31NOS. The van der Waals surface area contributed by atoms with Crippen molar-refractivity contribution in [1.29, 1.82) is 0 Å². The van der Waals surface area contributed by atoms with Crippen LogP contribution in [0.4, 0.5) is 17.1 Å². The second kappa shape index (κ2) is 11.9. The zero-order valence-corrected chi connectivity index (χ0v) is 29.5. The SMILES string of the molecule is c1ccc(-c2cccc3c2sc2c(N(c4ccc5oc6ccccc6c5c4)c4ccc(-c5cccc6ccccc56)c5ccccc45)cccc23)cc1. The van der Waals surface area contributed by atoms with E-state index in [1.165, 1.54) is 64.0 Å². The molecule has 9 aromatic carbocycles. The van der Waals surface area contributed by atoms with Crippen molar-refractivity contribution in [2.24, 2.45) is 0 Å². The van der Waals surface area contributed by atoms with Crippen molar-refractivity contribution in [3.63, 3.8) is 0 Å². The fourth-order valence-electron chi connectivity index (χ4n) is 8.26. The molecule has 0 N–H and O–H groups in total. The molecule has 0 radical (unpaired) electrons. The third kappa shape index (κ3) is 4.71. The first kappa shape index (κ1) is 30.0. The Hall–Kier alpha value is -6.68. The Kier molecular flexibility index (Phi) is 6.76. The van der Waals surface area contributed by atoms with E-state index in [4.69, 9.17) is 4.42 Å². The lowest BCUT2D eigenvalue weighted by atomic mass is 9.93. The zero-order chi connectivity index (χ0) is 34.9. The molecule has 53 heavy (non-hydrogen) atoms. The topological polar surface area (TPSA) is 16.4 Å². The maximum absolute atomic E-state index is 6.32. The van der Waals surface area contributed by atoms with E-state index in [1.54, 1.807) is 0 Å². The van der Waals surface area contributed by atoms with E-state index in [0.717, 1.165) is 39.0 Å². The molecule has 0 amide bonds. The van der Waals surface area contributed by atoms with E-state index in [9.17, 15) is 0 Å². The lowest BCUT2D eigenvalue weighted by Gasteiger charge is -2.28. The Labute approximate surface area is 310 Å². The lowest BCUT2D eigenvalue weighted by Crippen LogP contribution is -2.10. The highest BCUT2D eigenvalue weighted by Gasteiger charge is 2.23. The molecule has 0 unspecified atom stereocenters. The Morgan fingerprint density at radius 2 is 0.981 bits per heavy atom. The minimum Gasteiger partial charge on any atom is -0.456 e. The van der Waals surface area contributed by atoms with Crippen molar-refractivity contribution in [2.75, 3.05) is 4.90 Å². The van der Waals surface area contributed by atoms with Crippen molar-refractivity contribution < 1.29 is 4.42 Å². The molecule has 2 aromatic heterocycles. The Morgan fingerprint density at radius 3 is 1.87 bits per heavy atom. The van der Waals surface area contributed by atoms with Crippen LogP contribution >= 0.6 is 11.3 Å². The van der Waals surface area contributed by atoms with Crippen molar-refractivity contribution in [3.05, 3.63) is 188 Å². The molecule has 11 aromatic rings. The summed E-state index contributed by atoms with van der Waals surface area (Å²) in [5, 5.41) is 9.67. The third-order valence-electron chi connectivity index (χ3n) is 10.7. The third-order valence-corrected chi connectivity index (χ3v) is 11.9. The van der Waals surface area contributed by atoms with Gasteiger partial charge in [0.05, 0.1) is 16.1 Å². The van der Waals surface area contributed by atoms with Crippen LogP contribution in [0.15, 0.2) is 192 Å². The average Bonchev–Trinajstić information content (AvgIpc) is 3.80. The number of hydrogen-bond acceptors (Lipinski definition) is 3. The van der Waals surface area contributed by atoms with Crippen molar-refractivity contribution in [1.82, 2.24) is 0 Å². The second-order valence-corrected chi connectivity index (χ2v) is 14.6. The molecule has 0 saturated carbocycles. The number of fused-ring (bicyclic) bond motifs is 8.